The van der Waals surface area contributed by atoms with Crippen LogP contribution in [0.1, 0.15) is 5.56 Å². The van der Waals surface area contributed by atoms with Crippen LogP contribution in [0.25, 0.3) is 0 Å². The van der Waals surface area contributed by atoms with Gasteiger partial charge in [-0.3, -0.25) is 0 Å². The molecule has 1 aliphatic heterocycles. The lowest BCUT2D eigenvalue weighted by Crippen LogP contribution is -2.31. The number of ether oxygens (including phenoxy) is 3. The summed E-state index contributed by atoms with van der Waals surface area (Å²) in [6.07, 6.45) is 5.16. The Hall–Kier alpha value is -1.34. The van der Waals surface area contributed by atoms with E-state index in [0.717, 1.165) is 5.56 Å². The van der Waals surface area contributed by atoms with Gasteiger partial charge in [-0.15, -0.1) is 6.42 Å². The number of terminal acetylenes is 1. The van der Waals surface area contributed by atoms with Gasteiger partial charge in [-0.2, -0.15) is 0 Å². The predicted molar refractivity (Wildman–Crippen MR) is 54.8 cm³/mol. The van der Waals surface area contributed by atoms with Crippen molar-refractivity contribution in [2.75, 3.05) is 19.8 Å². The van der Waals surface area contributed by atoms with Crippen molar-refractivity contribution in [2.45, 2.75) is 5.97 Å². The first-order valence-corrected chi connectivity index (χ1v) is 4.78. The van der Waals surface area contributed by atoms with Crippen LogP contribution in [-0.4, -0.2) is 19.8 Å². The van der Waals surface area contributed by atoms with Crippen LogP contribution in [-0.2, 0) is 20.2 Å². The molecule has 0 atom stereocenters. The minimum atomic E-state index is -1.10. The highest BCUT2D eigenvalue weighted by Crippen LogP contribution is 2.32. The van der Waals surface area contributed by atoms with Gasteiger partial charge >= 0.3 is 5.97 Å². The molecule has 0 saturated carbocycles. The molecule has 78 valence electrons. The summed E-state index contributed by atoms with van der Waals surface area (Å²) in [6, 6.07) is 9.51. The topological polar surface area (TPSA) is 27.7 Å². The highest BCUT2D eigenvalue weighted by Gasteiger charge is 2.39. The molecule has 1 fully saturated rings. The van der Waals surface area contributed by atoms with Crippen LogP contribution in [0, 0.1) is 12.3 Å². The van der Waals surface area contributed by atoms with Crippen molar-refractivity contribution in [2.24, 2.45) is 0 Å². The fraction of sp³-hybridized carbons (Fsp3) is 0.333. The third kappa shape index (κ3) is 2.02. The molecule has 0 aromatic heterocycles. The fourth-order valence-corrected chi connectivity index (χ4v) is 1.51. The zero-order valence-corrected chi connectivity index (χ0v) is 8.31. The van der Waals surface area contributed by atoms with Gasteiger partial charge < -0.3 is 14.2 Å². The lowest BCUT2D eigenvalue weighted by molar-refractivity contribution is -0.338. The lowest BCUT2D eigenvalue weighted by Gasteiger charge is -2.26. The standard InChI is InChI=1S/C12H12O3/c1-2-8-13-12(14-9-10-15-12)11-6-4-3-5-7-11/h1,3-7H,8-10H2. The maximum atomic E-state index is 5.49. The zero-order chi connectivity index (χ0) is 10.6. The minimum Gasteiger partial charge on any atom is -0.321 e. The Labute approximate surface area is 89.0 Å². The molecule has 0 unspecified atom stereocenters. The van der Waals surface area contributed by atoms with Crippen molar-refractivity contribution in [3.63, 3.8) is 0 Å². The van der Waals surface area contributed by atoms with E-state index in [1.807, 2.05) is 30.3 Å². The Morgan fingerprint density at radius 2 is 1.93 bits per heavy atom. The van der Waals surface area contributed by atoms with Crippen molar-refractivity contribution in [3.8, 4) is 12.3 Å². The summed E-state index contributed by atoms with van der Waals surface area (Å²) in [5, 5.41) is 0. The second-order valence-corrected chi connectivity index (χ2v) is 3.11. The molecule has 0 radical (unpaired) electrons. The van der Waals surface area contributed by atoms with Crippen LogP contribution >= 0.6 is 0 Å². The normalized spacial score (nSPS) is 18.6. The molecule has 1 aliphatic rings. The summed E-state index contributed by atoms with van der Waals surface area (Å²) in [5.41, 5.74) is 0.831. The van der Waals surface area contributed by atoms with Crippen molar-refractivity contribution in [1.29, 1.82) is 0 Å². The van der Waals surface area contributed by atoms with E-state index in [-0.39, 0.29) is 6.61 Å². The van der Waals surface area contributed by atoms with Crippen LogP contribution in [0.3, 0.4) is 0 Å². The van der Waals surface area contributed by atoms with E-state index in [4.69, 9.17) is 20.6 Å². The van der Waals surface area contributed by atoms with Crippen LogP contribution in [0.15, 0.2) is 30.3 Å². The summed E-state index contributed by atoms with van der Waals surface area (Å²) in [6.45, 7) is 1.19. The van der Waals surface area contributed by atoms with Crippen LogP contribution < -0.4 is 0 Å². The molecule has 0 amide bonds. The Morgan fingerprint density at radius 3 is 2.53 bits per heavy atom. The first-order chi connectivity index (χ1) is 7.37. The summed E-state index contributed by atoms with van der Waals surface area (Å²) in [4.78, 5) is 0. The van der Waals surface area contributed by atoms with Crippen molar-refractivity contribution in [1.82, 2.24) is 0 Å². The maximum Gasteiger partial charge on any atom is 0.313 e. The van der Waals surface area contributed by atoms with Gasteiger partial charge in [-0.05, 0) is 0 Å². The average Bonchev–Trinajstić information content (AvgIpc) is 2.78. The van der Waals surface area contributed by atoms with Gasteiger partial charge in [0.05, 0.1) is 13.2 Å². The summed E-state index contributed by atoms with van der Waals surface area (Å²) in [5.74, 6) is 1.30. The Morgan fingerprint density at radius 1 is 1.27 bits per heavy atom. The third-order valence-electron chi connectivity index (χ3n) is 2.14. The Balaban J connectivity index is 2.23. The van der Waals surface area contributed by atoms with E-state index in [1.165, 1.54) is 0 Å². The first-order valence-electron chi connectivity index (χ1n) is 4.78. The summed E-state index contributed by atoms with van der Waals surface area (Å²) < 4.78 is 16.4. The number of rotatable bonds is 3. The highest BCUT2D eigenvalue weighted by atomic mass is 16.9. The second-order valence-electron chi connectivity index (χ2n) is 3.11. The summed E-state index contributed by atoms with van der Waals surface area (Å²) in [7, 11) is 0. The first kappa shape index (κ1) is 10.2. The van der Waals surface area contributed by atoms with E-state index >= 15 is 0 Å². The van der Waals surface area contributed by atoms with Gasteiger partial charge in [0.25, 0.3) is 0 Å². The molecule has 0 spiro atoms. The van der Waals surface area contributed by atoms with Gasteiger partial charge in [0.2, 0.25) is 0 Å². The SMILES string of the molecule is C#CCOC1(c2ccccc2)OCCO1. The number of hydrogen-bond acceptors (Lipinski definition) is 3. The maximum absolute atomic E-state index is 5.49. The van der Waals surface area contributed by atoms with Crippen molar-refractivity contribution in [3.05, 3.63) is 35.9 Å². The molecule has 1 heterocycles. The third-order valence-corrected chi connectivity index (χ3v) is 2.14. The zero-order valence-electron chi connectivity index (χ0n) is 8.31. The molecule has 1 saturated heterocycles. The van der Waals surface area contributed by atoms with Crippen molar-refractivity contribution < 1.29 is 14.2 Å². The second kappa shape index (κ2) is 4.45. The molecular weight excluding hydrogens is 192 g/mol. The smallest absolute Gasteiger partial charge is 0.313 e. The van der Waals surface area contributed by atoms with E-state index < -0.39 is 5.97 Å². The average molecular weight is 204 g/mol. The quantitative estimate of drug-likeness (QED) is 0.698. The van der Waals surface area contributed by atoms with E-state index in [9.17, 15) is 0 Å². The minimum absolute atomic E-state index is 0.162. The van der Waals surface area contributed by atoms with Gasteiger partial charge in [0.1, 0.15) is 6.61 Å². The Bertz CT molecular complexity index is 347. The molecule has 0 bridgehead atoms. The van der Waals surface area contributed by atoms with Gasteiger partial charge in [0, 0.05) is 5.56 Å². The lowest BCUT2D eigenvalue weighted by atomic mass is 10.2. The molecule has 3 nitrogen and oxygen atoms in total. The highest BCUT2D eigenvalue weighted by molar-refractivity contribution is 5.19. The molecule has 0 aliphatic carbocycles. The molecule has 3 heteroatoms. The van der Waals surface area contributed by atoms with Gasteiger partial charge in [0.15, 0.2) is 0 Å². The summed E-state index contributed by atoms with van der Waals surface area (Å²) >= 11 is 0. The molecular formula is C12H12O3. The number of benzene rings is 1. The molecule has 2 rings (SSSR count). The predicted octanol–water partition coefficient (Wildman–Crippen LogP) is 1.49. The van der Waals surface area contributed by atoms with E-state index in [2.05, 4.69) is 5.92 Å². The molecule has 15 heavy (non-hydrogen) atoms. The monoisotopic (exact) mass is 204 g/mol. The number of hydrogen-bond donors (Lipinski definition) is 0. The van der Waals surface area contributed by atoms with Crippen LogP contribution in [0.2, 0.25) is 0 Å². The van der Waals surface area contributed by atoms with Crippen LogP contribution in [0.5, 0.6) is 0 Å². The Kier molecular flexibility index (Phi) is 3.02. The molecule has 0 N–H and O–H groups in total. The molecule has 1 aromatic carbocycles. The van der Waals surface area contributed by atoms with Gasteiger partial charge in [-0.1, -0.05) is 36.3 Å². The van der Waals surface area contributed by atoms with Gasteiger partial charge in [-0.25, -0.2) is 0 Å². The van der Waals surface area contributed by atoms with Crippen LogP contribution in [0.4, 0.5) is 0 Å². The fourth-order valence-electron chi connectivity index (χ4n) is 1.51. The largest absolute Gasteiger partial charge is 0.321 e. The van der Waals surface area contributed by atoms with E-state index in [0.29, 0.717) is 13.2 Å². The van der Waals surface area contributed by atoms with Crippen molar-refractivity contribution >= 4 is 0 Å². The molecule has 1 aromatic rings. The van der Waals surface area contributed by atoms with E-state index in [1.54, 1.807) is 0 Å².